The highest BCUT2D eigenvalue weighted by atomic mass is 16.6. The molecule has 0 radical (unpaired) electrons. The minimum Gasteiger partial charge on any atom is -0.478 e. The molecule has 0 bridgehead atoms. The van der Waals surface area contributed by atoms with Gasteiger partial charge in [0.05, 0.1) is 17.6 Å². The molecule has 1 rings (SSSR count). The lowest BCUT2D eigenvalue weighted by molar-refractivity contribution is -0.385. The Balaban J connectivity index is 3.03. The second-order valence-corrected chi connectivity index (χ2v) is 3.11. The molecule has 8 nitrogen and oxygen atoms in total. The first-order valence-corrected chi connectivity index (χ1v) is 4.67. The number of carbonyl (C=O) groups is 2. The van der Waals surface area contributed by atoms with E-state index >= 15 is 0 Å². The molecule has 0 aliphatic heterocycles. The van der Waals surface area contributed by atoms with Gasteiger partial charge in [0.25, 0.3) is 0 Å². The Labute approximate surface area is 101 Å². The van der Waals surface area contributed by atoms with E-state index in [1.165, 1.54) is 0 Å². The van der Waals surface area contributed by atoms with Gasteiger partial charge in [-0.2, -0.15) is 0 Å². The number of ether oxygens (including phenoxy) is 2. The minimum atomic E-state index is -1.26. The fourth-order valence-electron chi connectivity index (χ4n) is 1.11. The summed E-state index contributed by atoms with van der Waals surface area (Å²) in [4.78, 5) is 31.5. The number of carboxylic acid groups (broad SMARTS) is 1. The van der Waals surface area contributed by atoms with Crippen molar-refractivity contribution in [3.8, 4) is 5.75 Å². The molecule has 8 heteroatoms. The van der Waals surface area contributed by atoms with Crippen LogP contribution in [0, 0.1) is 10.1 Å². The van der Waals surface area contributed by atoms with Crippen molar-refractivity contribution in [2.24, 2.45) is 0 Å². The number of rotatable bonds is 5. The van der Waals surface area contributed by atoms with Crippen molar-refractivity contribution >= 4 is 17.6 Å². The summed E-state index contributed by atoms with van der Waals surface area (Å²) in [7, 11) is 1.13. The third kappa shape index (κ3) is 3.17. The monoisotopic (exact) mass is 255 g/mol. The lowest BCUT2D eigenvalue weighted by Crippen LogP contribution is -2.13. The van der Waals surface area contributed by atoms with Crippen LogP contribution >= 0.6 is 0 Å². The maximum absolute atomic E-state index is 10.9. The van der Waals surface area contributed by atoms with Crippen LogP contribution in [0.25, 0.3) is 0 Å². The average molecular weight is 255 g/mol. The van der Waals surface area contributed by atoms with Gasteiger partial charge in [-0.1, -0.05) is 0 Å². The molecule has 0 atom stereocenters. The van der Waals surface area contributed by atoms with Crippen molar-refractivity contribution in [2.45, 2.75) is 0 Å². The predicted octanol–water partition coefficient (Wildman–Crippen LogP) is 0.845. The van der Waals surface area contributed by atoms with Crippen LogP contribution in [0.15, 0.2) is 18.2 Å². The highest BCUT2D eigenvalue weighted by molar-refractivity contribution is 5.88. The average Bonchev–Trinajstić information content (AvgIpc) is 2.35. The summed E-state index contributed by atoms with van der Waals surface area (Å²) < 4.78 is 9.16. The molecule has 0 spiro atoms. The van der Waals surface area contributed by atoms with Crippen LogP contribution in [-0.2, 0) is 9.53 Å². The van der Waals surface area contributed by atoms with Crippen LogP contribution in [0.2, 0.25) is 0 Å². The van der Waals surface area contributed by atoms with Gasteiger partial charge in [0.2, 0.25) is 0 Å². The number of carbonyl (C=O) groups excluding carboxylic acids is 1. The van der Waals surface area contributed by atoms with E-state index in [1.54, 1.807) is 0 Å². The zero-order valence-corrected chi connectivity index (χ0v) is 9.28. The summed E-state index contributed by atoms with van der Waals surface area (Å²) in [6.07, 6.45) is 0. The number of aromatic carboxylic acids is 1. The van der Waals surface area contributed by atoms with E-state index in [-0.39, 0.29) is 11.3 Å². The molecule has 0 saturated carbocycles. The Morgan fingerprint density at radius 3 is 2.61 bits per heavy atom. The number of methoxy groups -OCH3 is 1. The molecule has 0 saturated heterocycles. The minimum absolute atomic E-state index is 0.180. The van der Waals surface area contributed by atoms with Crippen LogP contribution in [0.3, 0.4) is 0 Å². The van der Waals surface area contributed by atoms with Gasteiger partial charge in [0.1, 0.15) is 0 Å². The highest BCUT2D eigenvalue weighted by Gasteiger charge is 2.18. The van der Waals surface area contributed by atoms with E-state index in [4.69, 9.17) is 9.84 Å². The summed E-state index contributed by atoms with van der Waals surface area (Å²) >= 11 is 0. The van der Waals surface area contributed by atoms with Crippen molar-refractivity contribution in [1.29, 1.82) is 0 Å². The zero-order chi connectivity index (χ0) is 13.7. The lowest BCUT2D eigenvalue weighted by Gasteiger charge is -2.06. The van der Waals surface area contributed by atoms with E-state index in [0.717, 1.165) is 25.3 Å². The fourth-order valence-corrected chi connectivity index (χ4v) is 1.11. The topological polar surface area (TPSA) is 116 Å². The first-order chi connectivity index (χ1) is 8.45. The molecule has 1 aromatic carbocycles. The third-order valence-corrected chi connectivity index (χ3v) is 1.98. The van der Waals surface area contributed by atoms with Gasteiger partial charge in [-0.3, -0.25) is 10.1 Å². The van der Waals surface area contributed by atoms with Crippen LogP contribution in [-0.4, -0.2) is 35.7 Å². The van der Waals surface area contributed by atoms with Crippen molar-refractivity contribution in [1.82, 2.24) is 0 Å². The van der Waals surface area contributed by atoms with Crippen LogP contribution in [0.4, 0.5) is 5.69 Å². The molecule has 18 heavy (non-hydrogen) atoms. The Morgan fingerprint density at radius 2 is 2.11 bits per heavy atom. The molecule has 1 aromatic rings. The standard InChI is InChI=1S/C10H9NO7/c1-17-9(12)5-18-8-4-6(10(13)14)2-3-7(8)11(15)16/h2-4H,5H2,1H3,(H,13,14). The van der Waals surface area contributed by atoms with Crippen molar-refractivity contribution in [3.63, 3.8) is 0 Å². The summed E-state index contributed by atoms with van der Waals surface area (Å²) in [5.74, 6) is -2.29. The van der Waals surface area contributed by atoms with Gasteiger partial charge in [-0.15, -0.1) is 0 Å². The summed E-state index contributed by atoms with van der Waals surface area (Å²) in [6.45, 7) is -0.541. The van der Waals surface area contributed by atoms with Gasteiger partial charge in [0.15, 0.2) is 12.4 Å². The van der Waals surface area contributed by atoms with Crippen LogP contribution in [0.1, 0.15) is 10.4 Å². The highest BCUT2D eigenvalue weighted by Crippen LogP contribution is 2.27. The zero-order valence-electron chi connectivity index (χ0n) is 9.28. The predicted molar refractivity (Wildman–Crippen MR) is 57.6 cm³/mol. The third-order valence-electron chi connectivity index (χ3n) is 1.98. The Hall–Kier alpha value is -2.64. The number of carboxylic acids is 1. The number of nitro benzene ring substituents is 1. The number of hydrogen-bond acceptors (Lipinski definition) is 6. The van der Waals surface area contributed by atoms with E-state index in [9.17, 15) is 19.7 Å². The number of nitro groups is 1. The van der Waals surface area contributed by atoms with Crippen molar-refractivity contribution < 1.29 is 29.1 Å². The first-order valence-electron chi connectivity index (χ1n) is 4.67. The molecular formula is C10H9NO7. The van der Waals surface area contributed by atoms with Crippen LogP contribution in [0.5, 0.6) is 5.75 Å². The Morgan fingerprint density at radius 1 is 1.44 bits per heavy atom. The summed E-state index contributed by atoms with van der Waals surface area (Å²) in [6, 6.07) is 3.05. The molecule has 0 fully saturated rings. The molecule has 0 aliphatic rings. The van der Waals surface area contributed by atoms with E-state index in [2.05, 4.69) is 4.74 Å². The Kier molecular flexibility index (Phi) is 4.19. The normalized spacial score (nSPS) is 9.61. The number of esters is 1. The van der Waals surface area contributed by atoms with Crippen molar-refractivity contribution in [2.75, 3.05) is 13.7 Å². The SMILES string of the molecule is COC(=O)COc1cc(C(=O)O)ccc1[N+](=O)[O-]. The van der Waals surface area contributed by atoms with E-state index < -0.39 is 29.2 Å². The first kappa shape index (κ1) is 13.4. The quantitative estimate of drug-likeness (QED) is 0.470. The van der Waals surface area contributed by atoms with Gasteiger partial charge < -0.3 is 14.6 Å². The number of nitrogens with zero attached hydrogens (tertiary/aromatic N) is 1. The fraction of sp³-hybridized carbons (Fsp3) is 0.200. The largest absolute Gasteiger partial charge is 0.478 e. The summed E-state index contributed by atoms with van der Waals surface area (Å²) in [5.41, 5.74) is -0.607. The molecule has 0 aliphatic carbocycles. The molecule has 96 valence electrons. The molecular weight excluding hydrogens is 246 g/mol. The molecule has 0 amide bonds. The smallest absolute Gasteiger partial charge is 0.343 e. The second-order valence-electron chi connectivity index (χ2n) is 3.11. The maximum Gasteiger partial charge on any atom is 0.343 e. The molecule has 0 aromatic heterocycles. The summed E-state index contributed by atoms with van der Waals surface area (Å²) in [5, 5.41) is 19.4. The van der Waals surface area contributed by atoms with Gasteiger partial charge in [-0.05, 0) is 6.07 Å². The maximum atomic E-state index is 10.9. The molecule has 0 heterocycles. The second kappa shape index (κ2) is 5.62. The molecule has 0 unspecified atom stereocenters. The van der Waals surface area contributed by atoms with E-state index in [1.807, 2.05) is 0 Å². The van der Waals surface area contributed by atoms with Gasteiger partial charge in [-0.25, -0.2) is 9.59 Å². The number of hydrogen-bond donors (Lipinski definition) is 1. The van der Waals surface area contributed by atoms with Gasteiger partial charge >= 0.3 is 17.6 Å². The van der Waals surface area contributed by atoms with Crippen molar-refractivity contribution in [3.05, 3.63) is 33.9 Å². The Bertz CT molecular complexity index is 497. The lowest BCUT2D eigenvalue weighted by atomic mass is 10.2. The van der Waals surface area contributed by atoms with Gasteiger partial charge in [0, 0.05) is 12.1 Å². The molecule has 1 N–H and O–H groups in total. The number of benzene rings is 1. The van der Waals surface area contributed by atoms with E-state index in [0.29, 0.717) is 0 Å². The van der Waals surface area contributed by atoms with Crippen LogP contribution < -0.4 is 4.74 Å².